The van der Waals surface area contributed by atoms with E-state index < -0.39 is 11.6 Å². The lowest BCUT2D eigenvalue weighted by atomic mass is 10.1. The molecule has 0 bridgehead atoms. The highest BCUT2D eigenvalue weighted by Gasteiger charge is 2.27. The van der Waals surface area contributed by atoms with E-state index >= 15 is 0 Å². The molecule has 8 heteroatoms. The van der Waals surface area contributed by atoms with Crippen molar-refractivity contribution in [2.24, 2.45) is 0 Å². The lowest BCUT2D eigenvalue weighted by Gasteiger charge is -2.40. The fourth-order valence-corrected chi connectivity index (χ4v) is 4.19. The molecule has 1 aliphatic rings. The van der Waals surface area contributed by atoms with Gasteiger partial charge in [-0.2, -0.15) is 0 Å². The molecule has 0 saturated carbocycles. The molecule has 30 heavy (non-hydrogen) atoms. The van der Waals surface area contributed by atoms with Crippen molar-refractivity contribution in [1.29, 1.82) is 0 Å². The van der Waals surface area contributed by atoms with Gasteiger partial charge in [0.15, 0.2) is 17.3 Å². The zero-order valence-electron chi connectivity index (χ0n) is 16.9. The lowest BCUT2D eigenvalue weighted by Crippen LogP contribution is -2.52. The van der Waals surface area contributed by atoms with E-state index in [1.807, 2.05) is 35.6 Å². The fourth-order valence-electron chi connectivity index (χ4n) is 4.19. The van der Waals surface area contributed by atoms with Crippen LogP contribution in [0, 0.1) is 18.6 Å². The monoisotopic (exact) mass is 408 g/mol. The van der Waals surface area contributed by atoms with E-state index in [-0.39, 0.29) is 6.04 Å². The number of fused-ring (bicyclic) bond motifs is 3. The predicted molar refractivity (Wildman–Crippen MR) is 111 cm³/mol. The molecule has 2 aromatic heterocycles. The van der Waals surface area contributed by atoms with Gasteiger partial charge in [0.1, 0.15) is 5.82 Å². The summed E-state index contributed by atoms with van der Waals surface area (Å²) < 4.78 is 28.8. The molecule has 2 aromatic carbocycles. The summed E-state index contributed by atoms with van der Waals surface area (Å²) in [5, 5.41) is 9.63. The second-order valence-electron chi connectivity index (χ2n) is 7.85. The zero-order valence-corrected chi connectivity index (χ0v) is 16.9. The van der Waals surface area contributed by atoms with Crippen molar-refractivity contribution in [2.45, 2.75) is 26.4 Å². The highest BCUT2D eigenvalue weighted by molar-refractivity contribution is 5.92. The van der Waals surface area contributed by atoms with Crippen molar-refractivity contribution in [2.75, 3.05) is 24.5 Å². The second kappa shape index (κ2) is 7.28. The minimum absolute atomic E-state index is 0.215. The molecular weight excluding hydrogens is 386 g/mol. The van der Waals surface area contributed by atoms with E-state index in [0.29, 0.717) is 6.54 Å². The van der Waals surface area contributed by atoms with Crippen LogP contribution in [-0.2, 0) is 6.54 Å². The largest absolute Gasteiger partial charge is 0.339 e. The summed E-state index contributed by atoms with van der Waals surface area (Å²) in [5.41, 5.74) is 2.48. The van der Waals surface area contributed by atoms with Gasteiger partial charge in [-0.25, -0.2) is 18.2 Å². The maximum Gasteiger partial charge on any atom is 0.213 e. The Balaban J connectivity index is 1.43. The number of aromatic nitrogens is 4. The van der Waals surface area contributed by atoms with Crippen molar-refractivity contribution in [3.63, 3.8) is 0 Å². The van der Waals surface area contributed by atoms with Crippen molar-refractivity contribution < 1.29 is 8.78 Å². The van der Waals surface area contributed by atoms with Crippen molar-refractivity contribution >= 4 is 22.5 Å². The van der Waals surface area contributed by atoms with Gasteiger partial charge in [-0.3, -0.25) is 4.90 Å². The van der Waals surface area contributed by atoms with Gasteiger partial charge >= 0.3 is 0 Å². The number of rotatable bonds is 3. The first-order valence-corrected chi connectivity index (χ1v) is 10.0. The smallest absolute Gasteiger partial charge is 0.213 e. The molecule has 1 saturated heterocycles. The zero-order chi connectivity index (χ0) is 20.8. The average molecular weight is 408 g/mol. The Kier molecular flexibility index (Phi) is 4.58. The highest BCUT2D eigenvalue weighted by Crippen LogP contribution is 2.26. The molecule has 0 radical (unpaired) electrons. The average Bonchev–Trinajstić information content (AvgIpc) is 3.14. The molecule has 1 unspecified atom stereocenters. The number of anilines is 1. The van der Waals surface area contributed by atoms with Gasteiger partial charge in [0.05, 0.1) is 5.52 Å². The lowest BCUT2D eigenvalue weighted by molar-refractivity contribution is 0.179. The number of benzene rings is 2. The first-order chi connectivity index (χ1) is 14.5. The first kappa shape index (κ1) is 18.9. The number of para-hydroxylation sites is 1. The van der Waals surface area contributed by atoms with Crippen LogP contribution in [-0.4, -0.2) is 50.2 Å². The van der Waals surface area contributed by atoms with Crippen LogP contribution >= 0.6 is 0 Å². The van der Waals surface area contributed by atoms with Crippen LogP contribution < -0.4 is 4.90 Å². The summed E-state index contributed by atoms with van der Waals surface area (Å²) in [4.78, 5) is 9.45. The van der Waals surface area contributed by atoms with E-state index in [2.05, 4.69) is 26.9 Å². The Morgan fingerprint density at radius 3 is 2.67 bits per heavy atom. The molecular formula is C22H22F2N6. The van der Waals surface area contributed by atoms with Crippen molar-refractivity contribution in [3.05, 3.63) is 65.5 Å². The number of nitrogens with zero attached hydrogens (tertiary/aromatic N) is 6. The van der Waals surface area contributed by atoms with E-state index in [1.54, 1.807) is 6.07 Å². The molecule has 0 aliphatic carbocycles. The topological polar surface area (TPSA) is 49.6 Å². The van der Waals surface area contributed by atoms with Gasteiger partial charge in [0, 0.05) is 37.6 Å². The summed E-state index contributed by atoms with van der Waals surface area (Å²) in [6.07, 6.45) is 0. The number of piperazine rings is 1. The maximum atomic E-state index is 13.6. The summed E-state index contributed by atoms with van der Waals surface area (Å²) in [6.45, 7) is 6.98. The highest BCUT2D eigenvalue weighted by atomic mass is 19.2. The predicted octanol–water partition coefficient (Wildman–Crippen LogP) is 3.57. The van der Waals surface area contributed by atoms with Crippen LogP contribution in [0.15, 0.2) is 42.5 Å². The molecule has 1 aliphatic heterocycles. The summed E-state index contributed by atoms with van der Waals surface area (Å²) in [6, 6.07) is 12.3. The van der Waals surface area contributed by atoms with Gasteiger partial charge in [-0.15, -0.1) is 10.2 Å². The Bertz CT molecular complexity index is 1240. The molecule has 1 fully saturated rings. The molecule has 3 heterocycles. The van der Waals surface area contributed by atoms with Gasteiger partial charge in [-0.1, -0.05) is 18.2 Å². The van der Waals surface area contributed by atoms with Crippen LogP contribution in [0.2, 0.25) is 0 Å². The molecule has 0 amide bonds. The second-order valence-corrected chi connectivity index (χ2v) is 7.85. The first-order valence-electron chi connectivity index (χ1n) is 10.0. The molecule has 5 rings (SSSR count). The van der Waals surface area contributed by atoms with Crippen LogP contribution in [0.3, 0.4) is 0 Å². The fraction of sp³-hybridized carbons (Fsp3) is 0.318. The number of hydrogen-bond acceptors (Lipinski definition) is 5. The van der Waals surface area contributed by atoms with Gasteiger partial charge in [0.2, 0.25) is 5.95 Å². The quantitative estimate of drug-likeness (QED) is 0.519. The van der Waals surface area contributed by atoms with Crippen molar-refractivity contribution in [1.82, 2.24) is 24.5 Å². The van der Waals surface area contributed by atoms with Crippen molar-refractivity contribution in [3.8, 4) is 0 Å². The van der Waals surface area contributed by atoms with Gasteiger partial charge < -0.3 is 4.90 Å². The Morgan fingerprint density at radius 2 is 1.87 bits per heavy atom. The third-order valence-corrected chi connectivity index (χ3v) is 5.81. The van der Waals surface area contributed by atoms with Crippen LogP contribution in [0.1, 0.15) is 18.3 Å². The Labute approximate surface area is 172 Å². The Morgan fingerprint density at radius 1 is 1.03 bits per heavy atom. The SMILES string of the molecule is Cc1nnc2c3ccccc3nc(N3CCN(Cc4ccc(F)c(F)c4)C(C)C3)n12. The third kappa shape index (κ3) is 3.17. The third-order valence-electron chi connectivity index (χ3n) is 5.81. The molecule has 4 aromatic rings. The van der Waals surface area contributed by atoms with Gasteiger partial charge in [0.25, 0.3) is 0 Å². The van der Waals surface area contributed by atoms with Gasteiger partial charge in [-0.05, 0) is 43.7 Å². The standard InChI is InChI=1S/C22H22F2N6/c1-14-12-29(10-9-28(14)13-16-7-8-18(23)19(24)11-16)22-25-20-6-4-3-5-17(20)21-27-26-15(2)30(21)22/h3-8,11,14H,9-10,12-13H2,1-2H3. The molecule has 1 atom stereocenters. The minimum Gasteiger partial charge on any atom is -0.339 e. The summed E-state index contributed by atoms with van der Waals surface area (Å²) >= 11 is 0. The van der Waals surface area contributed by atoms with Crippen LogP contribution in [0.5, 0.6) is 0 Å². The number of halogens is 2. The van der Waals surface area contributed by atoms with Crippen LogP contribution in [0.25, 0.3) is 16.6 Å². The van der Waals surface area contributed by atoms with E-state index in [0.717, 1.165) is 53.5 Å². The van der Waals surface area contributed by atoms with E-state index in [1.165, 1.54) is 12.1 Å². The van der Waals surface area contributed by atoms with Crippen LogP contribution in [0.4, 0.5) is 14.7 Å². The summed E-state index contributed by atoms with van der Waals surface area (Å²) in [7, 11) is 0. The number of hydrogen-bond donors (Lipinski definition) is 0. The Hall–Kier alpha value is -3.13. The van der Waals surface area contributed by atoms with E-state index in [4.69, 9.17) is 4.98 Å². The van der Waals surface area contributed by atoms with E-state index in [9.17, 15) is 8.78 Å². The molecule has 0 N–H and O–H groups in total. The normalized spacial score (nSPS) is 17.9. The molecule has 6 nitrogen and oxygen atoms in total. The summed E-state index contributed by atoms with van der Waals surface area (Å²) in [5.74, 6) is 0.0256. The minimum atomic E-state index is -0.813. The molecule has 154 valence electrons. The maximum absolute atomic E-state index is 13.6. The molecule has 0 spiro atoms. The number of aryl methyl sites for hydroxylation is 1.